The zero-order valence-corrected chi connectivity index (χ0v) is 16.3. The molecular weight excluding hydrogens is 366 g/mol. The molecule has 4 aromatic rings. The maximum absolute atomic E-state index is 13.1. The van der Waals surface area contributed by atoms with E-state index in [1.807, 2.05) is 44.3 Å². The molecule has 146 valence electrons. The Hall–Kier alpha value is -3.55. The zero-order chi connectivity index (χ0) is 20.0. The Morgan fingerprint density at radius 3 is 2.72 bits per heavy atom. The standard InChI is InChI=1S/C21H21N7O/c1-13-19-17(9-18(15-5-6-15)25-20(19)27(2)26-13)21(29)24-16-7-3-14(4-8-16)10-28-12-22-11-23-28/h3-4,7-9,11-12,15H,5-6,10H2,1-2H3,(H,24,29). The van der Waals surface area contributed by atoms with Gasteiger partial charge in [-0.05, 0) is 43.5 Å². The summed E-state index contributed by atoms with van der Waals surface area (Å²) in [5.41, 5.74) is 5.02. The van der Waals surface area contributed by atoms with E-state index >= 15 is 0 Å². The predicted octanol–water partition coefficient (Wildman–Crippen LogP) is 3.05. The van der Waals surface area contributed by atoms with Crippen LogP contribution in [0.1, 0.15) is 46.1 Å². The minimum Gasteiger partial charge on any atom is -0.322 e. The Morgan fingerprint density at radius 1 is 1.24 bits per heavy atom. The van der Waals surface area contributed by atoms with Gasteiger partial charge in [0, 0.05) is 24.3 Å². The van der Waals surface area contributed by atoms with Gasteiger partial charge in [-0.1, -0.05) is 12.1 Å². The van der Waals surface area contributed by atoms with Crippen LogP contribution in [0.4, 0.5) is 5.69 Å². The minimum absolute atomic E-state index is 0.139. The average molecular weight is 387 g/mol. The van der Waals surface area contributed by atoms with Crippen molar-refractivity contribution in [2.75, 3.05) is 5.32 Å². The number of hydrogen-bond acceptors (Lipinski definition) is 5. The van der Waals surface area contributed by atoms with Gasteiger partial charge < -0.3 is 5.32 Å². The molecular formula is C21H21N7O. The highest BCUT2D eigenvalue weighted by molar-refractivity contribution is 6.12. The fourth-order valence-corrected chi connectivity index (χ4v) is 3.62. The molecule has 0 aliphatic heterocycles. The number of nitrogens with one attached hydrogen (secondary N) is 1. The summed E-state index contributed by atoms with van der Waals surface area (Å²) in [7, 11) is 1.87. The number of carbonyl (C=O) groups excluding carboxylic acids is 1. The summed E-state index contributed by atoms with van der Waals surface area (Å²) in [6, 6.07) is 9.69. The Morgan fingerprint density at radius 2 is 2.03 bits per heavy atom. The third-order valence-electron chi connectivity index (χ3n) is 5.25. The van der Waals surface area contributed by atoms with Crippen LogP contribution in [0.25, 0.3) is 11.0 Å². The first-order valence-electron chi connectivity index (χ1n) is 9.65. The maximum Gasteiger partial charge on any atom is 0.256 e. The highest BCUT2D eigenvalue weighted by Gasteiger charge is 2.28. The molecule has 8 nitrogen and oxygen atoms in total. The first kappa shape index (κ1) is 17.5. The van der Waals surface area contributed by atoms with E-state index in [-0.39, 0.29) is 5.91 Å². The third kappa shape index (κ3) is 3.37. The number of fused-ring (bicyclic) bond motifs is 1. The lowest BCUT2D eigenvalue weighted by atomic mass is 10.1. The van der Waals surface area contributed by atoms with Crippen molar-refractivity contribution in [3.05, 3.63) is 65.5 Å². The van der Waals surface area contributed by atoms with Gasteiger partial charge in [0.2, 0.25) is 0 Å². The summed E-state index contributed by atoms with van der Waals surface area (Å²) >= 11 is 0. The number of benzene rings is 1. The molecule has 1 aliphatic rings. The Labute approximate surface area is 167 Å². The van der Waals surface area contributed by atoms with Gasteiger partial charge >= 0.3 is 0 Å². The highest BCUT2D eigenvalue weighted by atomic mass is 16.1. The summed E-state index contributed by atoms with van der Waals surface area (Å²) in [4.78, 5) is 21.8. The monoisotopic (exact) mass is 387 g/mol. The molecule has 0 radical (unpaired) electrons. The van der Waals surface area contributed by atoms with E-state index < -0.39 is 0 Å². The van der Waals surface area contributed by atoms with Gasteiger partial charge in [-0.25, -0.2) is 14.6 Å². The van der Waals surface area contributed by atoms with Gasteiger partial charge in [0.25, 0.3) is 5.91 Å². The van der Waals surface area contributed by atoms with Gasteiger partial charge in [-0.15, -0.1) is 0 Å². The van der Waals surface area contributed by atoms with Crippen LogP contribution in [0.3, 0.4) is 0 Å². The molecule has 1 N–H and O–H groups in total. The fraction of sp³-hybridized carbons (Fsp3) is 0.286. The Balaban J connectivity index is 1.42. The van der Waals surface area contributed by atoms with Gasteiger partial charge in [-0.2, -0.15) is 10.2 Å². The van der Waals surface area contributed by atoms with Crippen LogP contribution in [-0.2, 0) is 13.6 Å². The van der Waals surface area contributed by atoms with Crippen molar-refractivity contribution in [1.29, 1.82) is 0 Å². The quantitative estimate of drug-likeness (QED) is 0.568. The van der Waals surface area contributed by atoms with E-state index in [9.17, 15) is 4.79 Å². The topological polar surface area (TPSA) is 90.5 Å². The molecule has 0 bridgehead atoms. The molecule has 0 unspecified atom stereocenters. The molecule has 1 saturated carbocycles. The van der Waals surface area contributed by atoms with Crippen molar-refractivity contribution < 1.29 is 4.79 Å². The fourth-order valence-electron chi connectivity index (χ4n) is 3.62. The summed E-state index contributed by atoms with van der Waals surface area (Å²) in [5, 5.41) is 12.4. The molecule has 0 spiro atoms. The summed E-state index contributed by atoms with van der Waals surface area (Å²) < 4.78 is 3.51. The van der Waals surface area contributed by atoms with Gasteiger partial charge in [0.1, 0.15) is 12.7 Å². The van der Waals surface area contributed by atoms with E-state index in [0.29, 0.717) is 18.0 Å². The smallest absolute Gasteiger partial charge is 0.256 e. The van der Waals surface area contributed by atoms with Crippen molar-refractivity contribution in [1.82, 2.24) is 29.5 Å². The SMILES string of the molecule is Cc1nn(C)c2nc(C3CC3)cc(C(=O)Nc3ccc(Cn4cncn4)cc3)c12. The number of aryl methyl sites for hydroxylation is 2. The van der Waals surface area contributed by atoms with E-state index in [4.69, 9.17) is 4.98 Å². The van der Waals surface area contributed by atoms with Crippen LogP contribution in [0.15, 0.2) is 43.0 Å². The first-order valence-corrected chi connectivity index (χ1v) is 9.65. The van der Waals surface area contributed by atoms with Gasteiger partial charge in [-0.3, -0.25) is 9.48 Å². The molecule has 8 heteroatoms. The second kappa shape index (κ2) is 6.80. The van der Waals surface area contributed by atoms with Crippen molar-refractivity contribution in [3.8, 4) is 0 Å². The molecule has 29 heavy (non-hydrogen) atoms. The summed E-state index contributed by atoms with van der Waals surface area (Å²) in [6.45, 7) is 2.55. The predicted molar refractivity (Wildman–Crippen MR) is 109 cm³/mol. The lowest BCUT2D eigenvalue weighted by Gasteiger charge is -2.10. The molecule has 1 amide bonds. The number of hydrogen-bond donors (Lipinski definition) is 1. The highest BCUT2D eigenvalue weighted by Crippen LogP contribution is 2.40. The van der Waals surface area contributed by atoms with Crippen molar-refractivity contribution >= 4 is 22.6 Å². The van der Waals surface area contributed by atoms with Crippen LogP contribution in [0, 0.1) is 6.92 Å². The Bertz CT molecular complexity index is 1190. The lowest BCUT2D eigenvalue weighted by Crippen LogP contribution is -2.14. The second-order valence-electron chi connectivity index (χ2n) is 7.52. The average Bonchev–Trinajstić information content (AvgIpc) is 3.37. The number of nitrogens with zero attached hydrogens (tertiary/aromatic N) is 6. The molecule has 3 heterocycles. The van der Waals surface area contributed by atoms with Crippen molar-refractivity contribution in [3.63, 3.8) is 0 Å². The molecule has 3 aromatic heterocycles. The number of aromatic nitrogens is 6. The summed E-state index contributed by atoms with van der Waals surface area (Å²) in [5.74, 6) is 0.316. The van der Waals surface area contributed by atoms with Crippen molar-refractivity contribution in [2.24, 2.45) is 7.05 Å². The van der Waals surface area contributed by atoms with E-state index in [0.717, 1.165) is 46.5 Å². The Kier molecular flexibility index (Phi) is 4.12. The first-order chi connectivity index (χ1) is 14.1. The molecule has 0 saturated heterocycles. The lowest BCUT2D eigenvalue weighted by molar-refractivity contribution is 0.102. The van der Waals surface area contributed by atoms with Crippen molar-refractivity contribution in [2.45, 2.75) is 32.2 Å². The van der Waals surface area contributed by atoms with E-state index in [2.05, 4.69) is 20.5 Å². The van der Waals surface area contributed by atoms with Crippen LogP contribution >= 0.6 is 0 Å². The van der Waals surface area contributed by atoms with Crippen LogP contribution in [-0.4, -0.2) is 35.4 Å². The molecule has 1 aromatic carbocycles. The number of pyridine rings is 1. The molecule has 0 atom stereocenters. The number of anilines is 1. The zero-order valence-electron chi connectivity index (χ0n) is 16.3. The van der Waals surface area contributed by atoms with Crippen LogP contribution in [0.5, 0.6) is 0 Å². The largest absolute Gasteiger partial charge is 0.322 e. The molecule has 1 aliphatic carbocycles. The number of carbonyl (C=O) groups is 1. The number of rotatable bonds is 5. The molecule has 5 rings (SSSR count). The van der Waals surface area contributed by atoms with E-state index in [1.54, 1.807) is 15.7 Å². The number of amides is 1. The van der Waals surface area contributed by atoms with Gasteiger partial charge in [0.15, 0.2) is 5.65 Å². The van der Waals surface area contributed by atoms with Crippen LogP contribution in [0.2, 0.25) is 0 Å². The molecule has 1 fully saturated rings. The van der Waals surface area contributed by atoms with Crippen LogP contribution < -0.4 is 5.32 Å². The third-order valence-corrected chi connectivity index (χ3v) is 5.25. The maximum atomic E-state index is 13.1. The minimum atomic E-state index is -0.139. The summed E-state index contributed by atoms with van der Waals surface area (Å²) in [6.07, 6.45) is 5.45. The second-order valence-corrected chi connectivity index (χ2v) is 7.52. The normalized spacial score (nSPS) is 13.7. The van der Waals surface area contributed by atoms with E-state index in [1.165, 1.54) is 6.33 Å². The van der Waals surface area contributed by atoms with Gasteiger partial charge in [0.05, 0.1) is 23.2 Å².